The van der Waals surface area contributed by atoms with E-state index in [-0.39, 0.29) is 47.4 Å². The van der Waals surface area contributed by atoms with Gasteiger partial charge in [0, 0.05) is 6.54 Å². The number of fused-ring (bicyclic) bond motifs is 6. The average molecular weight is 500 g/mol. The molecular weight excluding hydrogens is 462 g/mol. The molecule has 1 aromatic rings. The van der Waals surface area contributed by atoms with E-state index in [2.05, 4.69) is 44.5 Å². The summed E-state index contributed by atoms with van der Waals surface area (Å²) in [5.74, 6) is 0.373. The molecule has 0 aromatic heterocycles. The molecular formula is C26H37N3O5Si. The van der Waals surface area contributed by atoms with E-state index in [1.807, 2.05) is 18.2 Å². The predicted octanol–water partition coefficient (Wildman–Crippen LogP) is 3.49. The zero-order valence-corrected chi connectivity index (χ0v) is 22.3. The normalized spacial score (nSPS) is 29.5. The number of ether oxygens (including phenoxy) is 1. The van der Waals surface area contributed by atoms with Gasteiger partial charge >= 0.3 is 0 Å². The maximum Gasteiger partial charge on any atom is 0.240 e. The summed E-state index contributed by atoms with van der Waals surface area (Å²) < 4.78 is 12.4. The van der Waals surface area contributed by atoms with E-state index in [0.717, 1.165) is 36.3 Å². The standard InChI is InChI=1S/C26H37N3O5Si/c1-26(2,3)35(4,5)34-21-14-33-19-10-15(6-9-18(19)28-21)12-27-20(30)13-29-24(31)22-16-7-8-17(11-16)23(22)25(29)32/h6,9-10,16-17,21-23,28H,7-8,11-14H2,1-5H3,(H,27,30)/t16-,17+,21-,22+,23-/m1/s1. The monoisotopic (exact) mass is 499 g/mol. The first-order valence-corrected chi connectivity index (χ1v) is 15.7. The van der Waals surface area contributed by atoms with Crippen molar-refractivity contribution in [2.45, 2.75) is 70.9 Å². The first-order valence-electron chi connectivity index (χ1n) is 12.8. The molecule has 4 aliphatic rings. The van der Waals surface area contributed by atoms with Crippen molar-refractivity contribution in [3.63, 3.8) is 0 Å². The lowest BCUT2D eigenvalue weighted by molar-refractivity contribution is -0.144. The van der Waals surface area contributed by atoms with Crippen LogP contribution < -0.4 is 15.4 Å². The van der Waals surface area contributed by atoms with Crippen LogP contribution in [0.3, 0.4) is 0 Å². The van der Waals surface area contributed by atoms with Gasteiger partial charge in [-0.3, -0.25) is 19.3 Å². The highest BCUT2D eigenvalue weighted by molar-refractivity contribution is 6.74. The van der Waals surface area contributed by atoms with E-state index in [9.17, 15) is 14.4 Å². The lowest BCUT2D eigenvalue weighted by atomic mass is 9.81. The van der Waals surface area contributed by atoms with Gasteiger partial charge in [0.25, 0.3) is 0 Å². The highest BCUT2D eigenvalue weighted by Gasteiger charge is 2.60. The van der Waals surface area contributed by atoms with E-state index in [1.54, 1.807) is 0 Å². The Morgan fingerprint density at radius 1 is 1.17 bits per heavy atom. The van der Waals surface area contributed by atoms with E-state index < -0.39 is 8.32 Å². The molecule has 190 valence electrons. The number of benzene rings is 1. The molecule has 2 saturated carbocycles. The van der Waals surface area contributed by atoms with Gasteiger partial charge < -0.3 is 19.8 Å². The summed E-state index contributed by atoms with van der Waals surface area (Å²) in [6.45, 7) is 11.6. The Kier molecular flexibility index (Phi) is 5.99. The molecule has 2 aliphatic carbocycles. The molecule has 2 N–H and O–H groups in total. The third kappa shape index (κ3) is 4.37. The maximum absolute atomic E-state index is 12.8. The first kappa shape index (κ1) is 24.3. The zero-order chi connectivity index (χ0) is 25.1. The van der Waals surface area contributed by atoms with Gasteiger partial charge in [-0.15, -0.1) is 0 Å². The Hall–Kier alpha value is -2.39. The van der Waals surface area contributed by atoms with Crippen molar-refractivity contribution in [3.05, 3.63) is 23.8 Å². The summed E-state index contributed by atoms with van der Waals surface area (Å²) in [6, 6.07) is 5.76. The van der Waals surface area contributed by atoms with Crippen LogP contribution in [0.5, 0.6) is 5.75 Å². The van der Waals surface area contributed by atoms with Crippen molar-refractivity contribution >= 4 is 31.7 Å². The van der Waals surface area contributed by atoms with Gasteiger partial charge in [0.2, 0.25) is 17.7 Å². The summed E-state index contributed by atoms with van der Waals surface area (Å²) in [5.41, 5.74) is 1.75. The number of carbonyl (C=O) groups excluding carboxylic acids is 3. The molecule has 8 nitrogen and oxygen atoms in total. The predicted molar refractivity (Wildman–Crippen MR) is 134 cm³/mol. The third-order valence-corrected chi connectivity index (χ3v) is 13.3. The molecule has 1 saturated heterocycles. The number of amides is 3. The number of nitrogens with zero attached hydrogens (tertiary/aromatic N) is 1. The summed E-state index contributed by atoms with van der Waals surface area (Å²) in [7, 11) is -1.93. The van der Waals surface area contributed by atoms with Crippen molar-refractivity contribution < 1.29 is 23.5 Å². The molecule has 1 aromatic carbocycles. The fourth-order valence-electron chi connectivity index (χ4n) is 5.92. The number of likely N-dealkylation sites (tertiary alicyclic amines) is 1. The topological polar surface area (TPSA) is 97.0 Å². The van der Waals surface area contributed by atoms with Crippen molar-refractivity contribution in [1.82, 2.24) is 10.2 Å². The summed E-state index contributed by atoms with van der Waals surface area (Å²) >= 11 is 0. The summed E-state index contributed by atoms with van der Waals surface area (Å²) in [6.07, 6.45) is 2.86. The van der Waals surface area contributed by atoms with Crippen molar-refractivity contribution in [1.29, 1.82) is 0 Å². The van der Waals surface area contributed by atoms with E-state index >= 15 is 0 Å². The summed E-state index contributed by atoms with van der Waals surface area (Å²) in [5, 5.41) is 6.39. The van der Waals surface area contributed by atoms with E-state index in [1.165, 1.54) is 4.90 Å². The Morgan fingerprint density at radius 3 is 2.46 bits per heavy atom. The maximum atomic E-state index is 12.8. The molecule has 3 amide bonds. The van der Waals surface area contributed by atoms with Crippen LogP contribution in [0, 0.1) is 23.7 Å². The van der Waals surface area contributed by atoms with Crippen LogP contribution in [0.4, 0.5) is 5.69 Å². The molecule has 5 rings (SSSR count). The second kappa shape index (κ2) is 8.62. The quantitative estimate of drug-likeness (QED) is 0.459. The zero-order valence-electron chi connectivity index (χ0n) is 21.3. The molecule has 0 unspecified atom stereocenters. The molecule has 2 aliphatic heterocycles. The third-order valence-electron chi connectivity index (χ3n) is 8.81. The Bertz CT molecular complexity index is 1020. The lowest BCUT2D eigenvalue weighted by Crippen LogP contribution is -2.48. The number of hydrogen-bond donors (Lipinski definition) is 2. The fourth-order valence-corrected chi connectivity index (χ4v) is 7.11. The lowest BCUT2D eigenvalue weighted by Gasteiger charge is -2.40. The van der Waals surface area contributed by atoms with Crippen LogP contribution in [-0.4, -0.2) is 50.3 Å². The SMILES string of the molecule is CC(C)(C)[Si](C)(C)O[C@@H]1COc2cc(CNC(=O)CN3C(=O)[C@@H]4[C@H]5CC[C@H](C5)[C@@H]4C3=O)ccc2N1. The van der Waals surface area contributed by atoms with Crippen LogP contribution in [-0.2, 0) is 25.4 Å². The number of nitrogens with one attached hydrogen (secondary N) is 2. The van der Waals surface area contributed by atoms with Crippen LogP contribution in [0.1, 0.15) is 45.6 Å². The van der Waals surface area contributed by atoms with Crippen LogP contribution in [0.15, 0.2) is 18.2 Å². The van der Waals surface area contributed by atoms with E-state index in [0.29, 0.717) is 25.0 Å². The molecule has 0 spiro atoms. The van der Waals surface area contributed by atoms with Crippen molar-refractivity contribution in [2.24, 2.45) is 23.7 Å². The van der Waals surface area contributed by atoms with Crippen LogP contribution >= 0.6 is 0 Å². The Labute approximate surface area is 208 Å². The molecule has 9 heteroatoms. The number of anilines is 1. The molecule has 2 bridgehead atoms. The number of rotatable bonds is 6. The molecule has 35 heavy (non-hydrogen) atoms. The highest BCUT2D eigenvalue weighted by atomic mass is 28.4. The number of hydrogen-bond acceptors (Lipinski definition) is 6. The van der Waals surface area contributed by atoms with E-state index in [4.69, 9.17) is 9.16 Å². The van der Waals surface area contributed by atoms with Gasteiger partial charge in [-0.05, 0) is 66.9 Å². The smallest absolute Gasteiger partial charge is 0.240 e. The molecule has 2 heterocycles. The minimum absolute atomic E-state index is 0.111. The van der Waals surface area contributed by atoms with Gasteiger partial charge in [-0.2, -0.15) is 0 Å². The number of carbonyl (C=O) groups is 3. The minimum Gasteiger partial charge on any atom is -0.487 e. The van der Waals surface area contributed by atoms with Crippen LogP contribution in [0.2, 0.25) is 18.1 Å². The van der Waals surface area contributed by atoms with Gasteiger partial charge in [0.15, 0.2) is 14.5 Å². The van der Waals surface area contributed by atoms with Crippen LogP contribution in [0.25, 0.3) is 0 Å². The minimum atomic E-state index is -1.93. The highest BCUT2D eigenvalue weighted by Crippen LogP contribution is 2.56. The fraction of sp³-hybridized carbons (Fsp3) is 0.654. The second-order valence-electron chi connectivity index (χ2n) is 12.1. The number of imide groups is 1. The Morgan fingerprint density at radius 2 is 1.83 bits per heavy atom. The Balaban J connectivity index is 1.14. The van der Waals surface area contributed by atoms with Gasteiger partial charge in [0.1, 0.15) is 18.9 Å². The van der Waals surface area contributed by atoms with Gasteiger partial charge in [-0.1, -0.05) is 26.8 Å². The van der Waals surface area contributed by atoms with Crippen molar-refractivity contribution in [3.8, 4) is 5.75 Å². The molecule has 0 radical (unpaired) electrons. The summed E-state index contributed by atoms with van der Waals surface area (Å²) in [4.78, 5) is 39.4. The van der Waals surface area contributed by atoms with Gasteiger partial charge in [0.05, 0.1) is 17.5 Å². The second-order valence-corrected chi connectivity index (χ2v) is 16.8. The largest absolute Gasteiger partial charge is 0.487 e. The molecule has 5 atom stereocenters. The van der Waals surface area contributed by atoms with Crippen molar-refractivity contribution in [2.75, 3.05) is 18.5 Å². The first-order chi connectivity index (χ1) is 16.4. The average Bonchev–Trinajstić information content (AvgIpc) is 3.47. The molecule has 3 fully saturated rings. The van der Waals surface area contributed by atoms with Gasteiger partial charge in [-0.25, -0.2) is 0 Å².